The molecule has 0 aliphatic heterocycles. The predicted octanol–water partition coefficient (Wildman–Crippen LogP) is 17.6. The van der Waals surface area contributed by atoms with Crippen LogP contribution in [0.3, 0.4) is 0 Å². The first kappa shape index (κ1) is 63.1. The molecule has 0 aromatic rings. The average molecular weight is 915 g/mol. The molecule has 2 unspecified atom stereocenters. The topological polar surface area (TPSA) is 95.9 Å². The van der Waals surface area contributed by atoms with Gasteiger partial charge < -0.3 is 20.3 Å². The minimum atomic E-state index is -0.684. The van der Waals surface area contributed by atoms with Crippen molar-refractivity contribution >= 4 is 11.9 Å². The van der Waals surface area contributed by atoms with Gasteiger partial charge in [-0.05, 0) is 83.5 Å². The zero-order valence-corrected chi connectivity index (χ0v) is 43.5. The Balaban J connectivity index is 3.51. The fourth-order valence-corrected chi connectivity index (χ4v) is 8.72. The standard InChI is InChI=1S/C59H111NO5/c1-3-5-7-9-11-13-15-17-19-21-22-23-25-26-28-31-35-39-43-47-51-57(62)56(55-61)60-58(63)52-48-44-40-36-32-30-34-38-42-46-50-54-65-59(64)53-49-45-41-37-33-29-27-24-20-18-16-14-12-10-8-6-4-2/h12,14,18,20,34,38,56-57,61-62H,3-11,13,15-17,19,21-33,35-37,39-55H2,1-2H3,(H,60,63)/b14-12-,20-18-,38-34-. The lowest BCUT2D eigenvalue weighted by Crippen LogP contribution is -2.45. The fourth-order valence-electron chi connectivity index (χ4n) is 8.72. The first-order valence-electron chi connectivity index (χ1n) is 28.7. The molecule has 0 aromatic heterocycles. The fraction of sp³-hybridized carbons (Fsp3) is 0.864. The summed E-state index contributed by atoms with van der Waals surface area (Å²) in [5.74, 6) is -0.101. The highest BCUT2D eigenvalue weighted by atomic mass is 16.5. The predicted molar refractivity (Wildman–Crippen MR) is 283 cm³/mol. The number of carbonyl (C=O) groups is 2. The molecule has 0 heterocycles. The van der Waals surface area contributed by atoms with Crippen molar-refractivity contribution in [2.45, 2.75) is 315 Å². The second-order valence-corrected chi connectivity index (χ2v) is 19.6. The van der Waals surface area contributed by atoms with Crippen molar-refractivity contribution < 1.29 is 24.5 Å². The first-order valence-corrected chi connectivity index (χ1v) is 28.7. The Morgan fingerprint density at radius 2 is 0.769 bits per heavy atom. The zero-order chi connectivity index (χ0) is 47.2. The number of rotatable bonds is 53. The van der Waals surface area contributed by atoms with Gasteiger partial charge in [0.25, 0.3) is 0 Å². The largest absolute Gasteiger partial charge is 0.466 e. The number of ether oxygens (including phenoxy) is 1. The van der Waals surface area contributed by atoms with Crippen LogP contribution >= 0.6 is 0 Å². The van der Waals surface area contributed by atoms with Gasteiger partial charge in [0.2, 0.25) is 5.91 Å². The number of carbonyl (C=O) groups excluding carboxylic acids is 2. The number of nitrogens with one attached hydrogen (secondary N) is 1. The summed E-state index contributed by atoms with van der Waals surface area (Å²) in [7, 11) is 0. The van der Waals surface area contributed by atoms with E-state index in [1.807, 2.05) is 0 Å². The van der Waals surface area contributed by atoms with E-state index in [0.29, 0.717) is 25.9 Å². The third kappa shape index (κ3) is 51.3. The molecule has 0 aliphatic rings. The van der Waals surface area contributed by atoms with Gasteiger partial charge in [-0.2, -0.15) is 0 Å². The van der Waals surface area contributed by atoms with Crippen LogP contribution in [0.25, 0.3) is 0 Å². The average Bonchev–Trinajstić information content (AvgIpc) is 3.31. The maximum Gasteiger partial charge on any atom is 0.305 e. The molecule has 2 atom stereocenters. The van der Waals surface area contributed by atoms with E-state index in [-0.39, 0.29) is 18.5 Å². The second-order valence-electron chi connectivity index (χ2n) is 19.6. The smallest absolute Gasteiger partial charge is 0.305 e. The molecule has 0 saturated heterocycles. The number of unbranched alkanes of at least 4 members (excludes halogenated alkanes) is 36. The Morgan fingerprint density at radius 1 is 0.431 bits per heavy atom. The summed E-state index contributed by atoms with van der Waals surface area (Å²) in [5, 5.41) is 23.3. The van der Waals surface area contributed by atoms with Crippen LogP contribution in [0.2, 0.25) is 0 Å². The maximum atomic E-state index is 12.5. The van der Waals surface area contributed by atoms with E-state index in [4.69, 9.17) is 4.74 Å². The van der Waals surface area contributed by atoms with Crippen LogP contribution in [0, 0.1) is 0 Å². The molecule has 3 N–H and O–H groups in total. The molecular formula is C59H111NO5. The first-order chi connectivity index (χ1) is 32.0. The van der Waals surface area contributed by atoms with Gasteiger partial charge in [-0.3, -0.25) is 9.59 Å². The molecule has 0 saturated carbocycles. The SMILES string of the molecule is CCCCC/C=C\C/C=C\CCCCCCCCCC(=O)OCCCC/C=C\CCCCCCCC(=O)NC(CO)C(O)CCCCCCCCCCCCCCCCCCCCCC. The molecule has 0 bridgehead atoms. The van der Waals surface area contributed by atoms with E-state index in [1.54, 1.807) is 0 Å². The van der Waals surface area contributed by atoms with Gasteiger partial charge in [-0.15, -0.1) is 0 Å². The number of amides is 1. The normalized spacial score (nSPS) is 12.9. The summed E-state index contributed by atoms with van der Waals surface area (Å²) in [6, 6.07) is -0.564. The van der Waals surface area contributed by atoms with E-state index < -0.39 is 12.1 Å². The van der Waals surface area contributed by atoms with Crippen LogP contribution in [0.15, 0.2) is 36.5 Å². The molecule has 6 nitrogen and oxygen atoms in total. The molecule has 0 spiro atoms. The third-order valence-electron chi connectivity index (χ3n) is 13.2. The van der Waals surface area contributed by atoms with Crippen molar-refractivity contribution in [3.63, 3.8) is 0 Å². The van der Waals surface area contributed by atoms with Gasteiger partial charge >= 0.3 is 5.97 Å². The van der Waals surface area contributed by atoms with E-state index in [2.05, 4.69) is 55.6 Å². The van der Waals surface area contributed by atoms with Crippen LogP contribution in [0.1, 0.15) is 303 Å². The highest BCUT2D eigenvalue weighted by molar-refractivity contribution is 5.76. The molecular weight excluding hydrogens is 803 g/mol. The minimum Gasteiger partial charge on any atom is -0.466 e. The quantitative estimate of drug-likeness (QED) is 0.0321. The van der Waals surface area contributed by atoms with Crippen LogP contribution in [-0.2, 0) is 14.3 Å². The van der Waals surface area contributed by atoms with Crippen molar-refractivity contribution in [3.05, 3.63) is 36.5 Å². The molecule has 1 amide bonds. The number of aliphatic hydroxyl groups excluding tert-OH is 2. The van der Waals surface area contributed by atoms with Gasteiger partial charge in [0.1, 0.15) is 0 Å². The number of hydrogen-bond donors (Lipinski definition) is 3. The maximum absolute atomic E-state index is 12.5. The van der Waals surface area contributed by atoms with Gasteiger partial charge in [-0.25, -0.2) is 0 Å². The zero-order valence-electron chi connectivity index (χ0n) is 43.5. The lowest BCUT2D eigenvalue weighted by Gasteiger charge is -2.22. The van der Waals surface area contributed by atoms with Crippen LogP contribution in [0.5, 0.6) is 0 Å². The molecule has 6 heteroatoms. The van der Waals surface area contributed by atoms with Crippen molar-refractivity contribution in [2.24, 2.45) is 0 Å². The van der Waals surface area contributed by atoms with Crippen molar-refractivity contribution in [1.82, 2.24) is 5.32 Å². The Kier molecular flexibility index (Phi) is 53.1. The Bertz CT molecular complexity index is 1060. The summed E-state index contributed by atoms with van der Waals surface area (Å²) < 4.78 is 5.45. The number of aliphatic hydroxyl groups is 2. The summed E-state index contributed by atoms with van der Waals surface area (Å²) >= 11 is 0. The molecule has 0 aromatic carbocycles. The molecule has 65 heavy (non-hydrogen) atoms. The monoisotopic (exact) mass is 914 g/mol. The number of allylic oxidation sites excluding steroid dienone is 6. The Morgan fingerprint density at radius 3 is 1.22 bits per heavy atom. The molecule has 0 radical (unpaired) electrons. The van der Waals surface area contributed by atoms with Gasteiger partial charge in [0.05, 0.1) is 25.4 Å². The Hall–Kier alpha value is -1.92. The highest BCUT2D eigenvalue weighted by Gasteiger charge is 2.20. The second kappa shape index (κ2) is 54.7. The lowest BCUT2D eigenvalue weighted by atomic mass is 10.0. The lowest BCUT2D eigenvalue weighted by molar-refractivity contribution is -0.143. The highest BCUT2D eigenvalue weighted by Crippen LogP contribution is 2.17. The molecule has 0 aliphatic carbocycles. The van der Waals surface area contributed by atoms with Crippen molar-refractivity contribution in [1.29, 1.82) is 0 Å². The molecule has 382 valence electrons. The van der Waals surface area contributed by atoms with Gasteiger partial charge in [0.15, 0.2) is 0 Å². The van der Waals surface area contributed by atoms with Crippen molar-refractivity contribution in [3.8, 4) is 0 Å². The number of esters is 1. The number of hydrogen-bond acceptors (Lipinski definition) is 5. The van der Waals surface area contributed by atoms with E-state index in [0.717, 1.165) is 89.9 Å². The van der Waals surface area contributed by atoms with Gasteiger partial charge in [0, 0.05) is 12.8 Å². The third-order valence-corrected chi connectivity index (χ3v) is 13.2. The van der Waals surface area contributed by atoms with Crippen molar-refractivity contribution in [2.75, 3.05) is 13.2 Å². The van der Waals surface area contributed by atoms with E-state index in [1.165, 1.54) is 180 Å². The van der Waals surface area contributed by atoms with E-state index in [9.17, 15) is 19.8 Å². The minimum absolute atomic E-state index is 0.0386. The summed E-state index contributed by atoms with van der Waals surface area (Å²) in [4.78, 5) is 24.5. The van der Waals surface area contributed by atoms with Crippen LogP contribution < -0.4 is 5.32 Å². The van der Waals surface area contributed by atoms with E-state index >= 15 is 0 Å². The Labute approximate surface area is 404 Å². The van der Waals surface area contributed by atoms with Gasteiger partial charge in [-0.1, -0.05) is 243 Å². The summed E-state index contributed by atoms with van der Waals surface area (Å²) in [6.45, 7) is 4.86. The van der Waals surface area contributed by atoms with Crippen LogP contribution in [-0.4, -0.2) is 47.4 Å². The molecule has 0 fully saturated rings. The summed E-state index contributed by atoms with van der Waals surface area (Å²) in [5.41, 5.74) is 0. The van der Waals surface area contributed by atoms with Crippen LogP contribution in [0.4, 0.5) is 0 Å². The molecule has 0 rings (SSSR count). The summed E-state index contributed by atoms with van der Waals surface area (Å²) in [6.07, 6.45) is 67.0.